The maximum atomic E-state index is 14.6. The fraction of sp³-hybridized carbons (Fsp3) is 0.500. The Kier molecular flexibility index (Phi) is 6.33. The van der Waals surface area contributed by atoms with Gasteiger partial charge in [0, 0.05) is 5.56 Å². The summed E-state index contributed by atoms with van der Waals surface area (Å²) < 4.78 is 41.4. The van der Waals surface area contributed by atoms with Crippen LogP contribution in [0.2, 0.25) is 0 Å². The van der Waals surface area contributed by atoms with Crippen LogP contribution in [0.5, 0.6) is 0 Å². The number of unbranched alkanes of at least 4 members (excludes halogenated alkanes) is 2. The van der Waals surface area contributed by atoms with Crippen molar-refractivity contribution in [2.45, 2.75) is 70.1 Å². The van der Waals surface area contributed by atoms with Gasteiger partial charge in [-0.1, -0.05) is 31.9 Å². The maximum absolute atomic E-state index is 14.6. The minimum Gasteiger partial charge on any atom is -0.207 e. The van der Waals surface area contributed by atoms with Crippen LogP contribution in [-0.4, -0.2) is 4.98 Å². The average Bonchev–Trinajstić information content (AvgIpc) is 2.63. The van der Waals surface area contributed by atoms with E-state index in [-0.39, 0.29) is 17.7 Å². The van der Waals surface area contributed by atoms with Gasteiger partial charge in [0.05, 0.1) is 0 Å². The van der Waals surface area contributed by atoms with Crippen LogP contribution in [0.15, 0.2) is 30.3 Å². The average molecular weight is 361 g/mol. The number of rotatable bonds is 6. The molecule has 1 aliphatic rings. The lowest BCUT2D eigenvalue weighted by Crippen LogP contribution is -2.15. The number of pyridine rings is 1. The minimum absolute atomic E-state index is 0.0377. The van der Waals surface area contributed by atoms with Gasteiger partial charge in [0.1, 0.15) is 5.82 Å². The normalized spacial score (nSPS) is 20.3. The zero-order valence-corrected chi connectivity index (χ0v) is 15.3. The molecule has 0 spiro atoms. The lowest BCUT2D eigenvalue weighted by atomic mass is 9.76. The van der Waals surface area contributed by atoms with E-state index in [1.165, 1.54) is 18.6 Å². The fourth-order valence-corrected chi connectivity index (χ4v) is 4.08. The molecule has 0 aliphatic heterocycles. The molecule has 1 heterocycles. The first kappa shape index (κ1) is 18.9. The zero-order chi connectivity index (χ0) is 18.5. The number of hydrogen-bond acceptors (Lipinski definition) is 1. The first-order chi connectivity index (χ1) is 12.6. The van der Waals surface area contributed by atoms with E-state index in [9.17, 15) is 13.2 Å². The summed E-state index contributed by atoms with van der Waals surface area (Å²) in [6.45, 7) is 2.16. The predicted octanol–water partition coefficient (Wildman–Crippen LogP) is 6.67. The van der Waals surface area contributed by atoms with Gasteiger partial charge in [0.25, 0.3) is 0 Å². The van der Waals surface area contributed by atoms with Crippen LogP contribution in [0.25, 0.3) is 0 Å². The van der Waals surface area contributed by atoms with Gasteiger partial charge in [-0.2, -0.15) is 13.8 Å². The van der Waals surface area contributed by atoms with Crippen LogP contribution in [0.4, 0.5) is 13.2 Å². The molecule has 4 heteroatoms. The molecule has 1 nitrogen and oxygen atoms in total. The molecular weight excluding hydrogens is 335 g/mol. The van der Waals surface area contributed by atoms with Gasteiger partial charge in [-0.3, -0.25) is 0 Å². The molecule has 1 aromatic heterocycles. The summed E-state index contributed by atoms with van der Waals surface area (Å²) >= 11 is 0. The highest BCUT2D eigenvalue weighted by Crippen LogP contribution is 2.41. The number of aryl methyl sites for hydroxylation is 1. The SMILES string of the molecule is CCCCCc1ccc(C2CCC(c3ccc(F)nc3F)CC2)c(F)c1. The second kappa shape index (κ2) is 8.70. The lowest BCUT2D eigenvalue weighted by molar-refractivity contribution is 0.374. The molecule has 0 atom stereocenters. The van der Waals surface area contributed by atoms with Crippen LogP contribution in [0.1, 0.15) is 80.4 Å². The highest BCUT2D eigenvalue weighted by molar-refractivity contribution is 5.28. The van der Waals surface area contributed by atoms with Crippen molar-refractivity contribution >= 4 is 0 Å². The molecule has 0 bridgehead atoms. The second-order valence-electron chi connectivity index (χ2n) is 7.38. The van der Waals surface area contributed by atoms with Gasteiger partial charge in [0.15, 0.2) is 0 Å². The summed E-state index contributed by atoms with van der Waals surface area (Å²) in [7, 11) is 0. The largest absolute Gasteiger partial charge is 0.218 e. The van der Waals surface area contributed by atoms with E-state index >= 15 is 0 Å². The fourth-order valence-electron chi connectivity index (χ4n) is 4.08. The molecule has 0 amide bonds. The molecule has 0 unspecified atom stereocenters. The number of nitrogens with zero attached hydrogens (tertiary/aromatic N) is 1. The van der Waals surface area contributed by atoms with Gasteiger partial charge < -0.3 is 0 Å². The van der Waals surface area contributed by atoms with Gasteiger partial charge >= 0.3 is 0 Å². The maximum Gasteiger partial charge on any atom is 0.218 e. The summed E-state index contributed by atoms with van der Waals surface area (Å²) in [6, 6.07) is 8.36. The van der Waals surface area contributed by atoms with Crippen molar-refractivity contribution < 1.29 is 13.2 Å². The third kappa shape index (κ3) is 4.46. The Morgan fingerprint density at radius 2 is 1.54 bits per heavy atom. The standard InChI is InChI=1S/C22H26F3N/c1-2-3-4-5-15-6-11-18(20(23)14-15)16-7-9-17(10-8-16)19-12-13-21(24)26-22(19)25/h6,11-14,16-17H,2-5,7-10H2,1H3. The van der Waals surface area contributed by atoms with Crippen LogP contribution in [0.3, 0.4) is 0 Å². The van der Waals surface area contributed by atoms with Crippen molar-refractivity contribution in [3.8, 4) is 0 Å². The quantitative estimate of drug-likeness (QED) is 0.413. The lowest BCUT2D eigenvalue weighted by Gasteiger charge is -2.29. The van der Waals surface area contributed by atoms with Crippen molar-refractivity contribution in [2.75, 3.05) is 0 Å². The second-order valence-corrected chi connectivity index (χ2v) is 7.38. The van der Waals surface area contributed by atoms with E-state index in [0.29, 0.717) is 5.56 Å². The smallest absolute Gasteiger partial charge is 0.207 e. The summed E-state index contributed by atoms with van der Waals surface area (Å²) in [5.41, 5.74) is 2.32. The van der Waals surface area contributed by atoms with Crippen LogP contribution in [-0.2, 0) is 6.42 Å². The van der Waals surface area contributed by atoms with Gasteiger partial charge in [-0.25, -0.2) is 4.39 Å². The Bertz CT molecular complexity index is 736. The topological polar surface area (TPSA) is 12.9 Å². The van der Waals surface area contributed by atoms with Crippen molar-refractivity contribution in [3.05, 3.63) is 64.7 Å². The summed E-state index contributed by atoms with van der Waals surface area (Å²) in [5.74, 6) is -1.41. The summed E-state index contributed by atoms with van der Waals surface area (Å²) in [6.07, 6.45) is 7.52. The minimum atomic E-state index is -0.791. The third-order valence-electron chi connectivity index (χ3n) is 5.58. The number of hydrogen-bond donors (Lipinski definition) is 0. The number of benzene rings is 1. The molecule has 0 N–H and O–H groups in total. The van der Waals surface area contributed by atoms with Crippen LogP contribution >= 0.6 is 0 Å². The van der Waals surface area contributed by atoms with E-state index in [2.05, 4.69) is 11.9 Å². The molecule has 1 aromatic carbocycles. The highest BCUT2D eigenvalue weighted by atomic mass is 19.1. The molecule has 2 aromatic rings. The highest BCUT2D eigenvalue weighted by Gasteiger charge is 2.27. The van der Waals surface area contributed by atoms with E-state index in [1.807, 2.05) is 12.1 Å². The Morgan fingerprint density at radius 1 is 0.885 bits per heavy atom. The molecule has 26 heavy (non-hydrogen) atoms. The molecule has 0 saturated heterocycles. The number of aromatic nitrogens is 1. The molecule has 1 saturated carbocycles. The molecule has 3 rings (SSSR count). The Hall–Kier alpha value is -1.84. The first-order valence-corrected chi connectivity index (χ1v) is 9.68. The van der Waals surface area contributed by atoms with E-state index in [4.69, 9.17) is 0 Å². The van der Waals surface area contributed by atoms with Crippen LogP contribution < -0.4 is 0 Å². The Labute approximate surface area is 153 Å². The molecule has 1 aliphatic carbocycles. The zero-order valence-electron chi connectivity index (χ0n) is 15.3. The number of halogens is 3. The molecule has 140 valence electrons. The third-order valence-corrected chi connectivity index (χ3v) is 5.58. The monoisotopic (exact) mass is 361 g/mol. The van der Waals surface area contributed by atoms with Gasteiger partial charge in [-0.05, 0) is 79.7 Å². The van der Waals surface area contributed by atoms with Crippen molar-refractivity contribution in [3.63, 3.8) is 0 Å². The van der Waals surface area contributed by atoms with E-state index < -0.39 is 11.9 Å². The van der Waals surface area contributed by atoms with Crippen molar-refractivity contribution in [1.82, 2.24) is 4.98 Å². The van der Waals surface area contributed by atoms with E-state index in [0.717, 1.165) is 56.1 Å². The summed E-state index contributed by atoms with van der Waals surface area (Å²) in [5, 5.41) is 0. The van der Waals surface area contributed by atoms with Crippen LogP contribution in [0, 0.1) is 17.7 Å². The van der Waals surface area contributed by atoms with Crippen molar-refractivity contribution in [2.24, 2.45) is 0 Å². The summed E-state index contributed by atoms with van der Waals surface area (Å²) in [4.78, 5) is 3.29. The Balaban J connectivity index is 1.62. The van der Waals surface area contributed by atoms with Crippen molar-refractivity contribution in [1.29, 1.82) is 0 Å². The van der Waals surface area contributed by atoms with E-state index in [1.54, 1.807) is 6.07 Å². The first-order valence-electron chi connectivity index (χ1n) is 9.68. The molecule has 1 fully saturated rings. The van der Waals surface area contributed by atoms with Gasteiger partial charge in [0.2, 0.25) is 11.9 Å². The predicted molar refractivity (Wildman–Crippen MR) is 97.7 cm³/mol. The van der Waals surface area contributed by atoms with Gasteiger partial charge in [-0.15, -0.1) is 0 Å². The molecule has 0 radical (unpaired) electrons. The molecular formula is C22H26F3N. The Morgan fingerprint density at radius 3 is 2.15 bits per heavy atom.